The van der Waals surface area contributed by atoms with Gasteiger partial charge in [-0.1, -0.05) is 17.3 Å². The molecule has 1 fully saturated rings. The summed E-state index contributed by atoms with van der Waals surface area (Å²) in [5.41, 5.74) is 1.14. The molecule has 8 nitrogen and oxygen atoms in total. The molecule has 27 heavy (non-hydrogen) atoms. The second-order valence-electron chi connectivity index (χ2n) is 6.96. The van der Waals surface area contributed by atoms with Crippen LogP contribution in [0.4, 0.5) is 0 Å². The number of hydrogen-bond donors (Lipinski definition) is 1. The van der Waals surface area contributed by atoms with Crippen molar-refractivity contribution in [2.24, 2.45) is 5.92 Å². The monoisotopic (exact) mass is 368 g/mol. The second-order valence-corrected chi connectivity index (χ2v) is 6.96. The normalized spacial score (nSPS) is 19.7. The molecule has 1 aliphatic heterocycles. The fraction of sp³-hybridized carbons (Fsp3) is 0.368. The van der Waals surface area contributed by atoms with E-state index in [1.54, 1.807) is 23.1 Å². The molecular weight excluding hydrogens is 348 g/mol. The van der Waals surface area contributed by atoms with Gasteiger partial charge in [0.2, 0.25) is 5.91 Å². The first-order valence-corrected chi connectivity index (χ1v) is 8.83. The van der Waals surface area contributed by atoms with Gasteiger partial charge in [0.05, 0.1) is 29.0 Å². The lowest BCUT2D eigenvalue weighted by molar-refractivity contribution is -0.131. The zero-order valence-corrected chi connectivity index (χ0v) is 14.9. The number of aliphatic hydroxyl groups is 1. The van der Waals surface area contributed by atoms with Gasteiger partial charge < -0.3 is 14.5 Å². The number of fused-ring (bicyclic) bond motifs is 1. The number of para-hydroxylation sites is 1. The molecule has 1 aromatic carbocycles. The number of carbonyl (C=O) groups excluding carboxylic acids is 1. The Balaban J connectivity index is 1.46. The van der Waals surface area contributed by atoms with Crippen LogP contribution < -0.4 is 5.56 Å². The molecule has 8 heteroatoms. The number of nitrogens with zero attached hydrogens (tertiary/aromatic N) is 4. The first kappa shape index (κ1) is 17.4. The van der Waals surface area contributed by atoms with Crippen LogP contribution >= 0.6 is 0 Å². The van der Waals surface area contributed by atoms with Gasteiger partial charge in [0, 0.05) is 31.5 Å². The largest absolute Gasteiger partial charge is 0.391 e. The fourth-order valence-corrected chi connectivity index (χ4v) is 3.49. The van der Waals surface area contributed by atoms with Gasteiger partial charge in [-0.15, -0.1) is 0 Å². The summed E-state index contributed by atoms with van der Waals surface area (Å²) >= 11 is 0. The van der Waals surface area contributed by atoms with Crippen molar-refractivity contribution in [1.82, 2.24) is 19.6 Å². The molecule has 3 aromatic rings. The summed E-state index contributed by atoms with van der Waals surface area (Å²) in [5.74, 6) is 0.359. The van der Waals surface area contributed by atoms with E-state index in [-0.39, 0.29) is 30.5 Å². The summed E-state index contributed by atoms with van der Waals surface area (Å²) < 4.78 is 6.51. The van der Waals surface area contributed by atoms with Crippen molar-refractivity contribution in [2.45, 2.75) is 26.0 Å². The Morgan fingerprint density at radius 2 is 2.15 bits per heavy atom. The molecule has 0 aliphatic carbocycles. The Bertz CT molecular complexity index is 1040. The van der Waals surface area contributed by atoms with Crippen molar-refractivity contribution in [1.29, 1.82) is 0 Å². The van der Waals surface area contributed by atoms with Gasteiger partial charge in [-0.2, -0.15) is 0 Å². The number of benzene rings is 1. The minimum Gasteiger partial charge on any atom is -0.391 e. The van der Waals surface area contributed by atoms with E-state index in [9.17, 15) is 14.7 Å². The first-order valence-electron chi connectivity index (χ1n) is 8.83. The number of aryl methyl sites for hydroxylation is 1. The van der Waals surface area contributed by atoms with Crippen LogP contribution in [0.25, 0.3) is 10.9 Å². The van der Waals surface area contributed by atoms with Gasteiger partial charge in [-0.05, 0) is 19.1 Å². The molecule has 0 unspecified atom stereocenters. The smallest absolute Gasteiger partial charge is 0.261 e. The summed E-state index contributed by atoms with van der Waals surface area (Å²) in [4.78, 5) is 31.0. The minimum atomic E-state index is -0.634. The molecule has 1 N–H and O–H groups in total. The molecule has 0 bridgehead atoms. The number of aromatic nitrogens is 3. The number of likely N-dealkylation sites (tertiary alicyclic amines) is 1. The third kappa shape index (κ3) is 3.48. The molecule has 0 saturated carbocycles. The topological polar surface area (TPSA) is 101 Å². The van der Waals surface area contributed by atoms with Crippen molar-refractivity contribution >= 4 is 16.8 Å². The second kappa shape index (κ2) is 6.96. The average molecular weight is 368 g/mol. The van der Waals surface area contributed by atoms with E-state index >= 15 is 0 Å². The van der Waals surface area contributed by atoms with Gasteiger partial charge >= 0.3 is 0 Å². The van der Waals surface area contributed by atoms with Crippen molar-refractivity contribution in [3.8, 4) is 0 Å². The molecule has 2 aromatic heterocycles. The van der Waals surface area contributed by atoms with Crippen LogP contribution in [0.15, 0.2) is 46.0 Å². The summed E-state index contributed by atoms with van der Waals surface area (Å²) in [5, 5.41) is 14.6. The molecule has 1 amide bonds. The standard InChI is InChI=1S/C19H20N4O4/c1-12-6-14(27-21-12)7-13-8-22(9-17(13)24)18(25)10-23-11-20-16-5-3-2-4-15(16)19(23)26/h2-6,11,13,17,24H,7-10H2,1H3/t13-,17+/m1/s1. The van der Waals surface area contributed by atoms with Crippen LogP contribution in [0.3, 0.4) is 0 Å². The number of β-amino-alcohol motifs (C(OH)–C–C–N with tert-alkyl or cyclic N) is 1. The summed E-state index contributed by atoms with van der Waals surface area (Å²) in [7, 11) is 0. The van der Waals surface area contributed by atoms with E-state index in [0.29, 0.717) is 29.6 Å². The predicted molar refractivity (Wildman–Crippen MR) is 97.0 cm³/mol. The van der Waals surface area contributed by atoms with Gasteiger partial charge in [-0.3, -0.25) is 14.2 Å². The predicted octanol–water partition coefficient (Wildman–Crippen LogP) is 0.755. The molecule has 1 saturated heterocycles. The minimum absolute atomic E-state index is 0.0997. The maximum atomic E-state index is 12.6. The third-order valence-corrected chi connectivity index (χ3v) is 4.94. The average Bonchev–Trinajstić information content (AvgIpc) is 3.23. The highest BCUT2D eigenvalue weighted by atomic mass is 16.5. The summed E-state index contributed by atoms with van der Waals surface area (Å²) in [6, 6.07) is 8.87. The summed E-state index contributed by atoms with van der Waals surface area (Å²) in [6.45, 7) is 2.39. The highest BCUT2D eigenvalue weighted by Gasteiger charge is 2.34. The van der Waals surface area contributed by atoms with E-state index < -0.39 is 6.10 Å². The van der Waals surface area contributed by atoms with Gasteiger partial charge in [0.25, 0.3) is 5.56 Å². The van der Waals surface area contributed by atoms with Crippen molar-refractivity contribution < 1.29 is 14.4 Å². The van der Waals surface area contributed by atoms with Crippen molar-refractivity contribution in [3.63, 3.8) is 0 Å². The van der Waals surface area contributed by atoms with Crippen LogP contribution in [0.2, 0.25) is 0 Å². The molecule has 2 atom stereocenters. The van der Waals surface area contributed by atoms with E-state index in [4.69, 9.17) is 4.52 Å². The van der Waals surface area contributed by atoms with Crippen LogP contribution in [-0.2, 0) is 17.8 Å². The number of aliphatic hydroxyl groups excluding tert-OH is 1. The number of amides is 1. The lowest BCUT2D eigenvalue weighted by Crippen LogP contribution is -2.35. The SMILES string of the molecule is Cc1cc(C[C@@H]2CN(C(=O)Cn3cnc4ccccc4c3=O)C[C@@H]2O)on1. The van der Waals surface area contributed by atoms with Crippen LogP contribution in [0.1, 0.15) is 11.5 Å². The maximum Gasteiger partial charge on any atom is 0.261 e. The van der Waals surface area contributed by atoms with Gasteiger partial charge in [0.15, 0.2) is 0 Å². The highest BCUT2D eigenvalue weighted by Crippen LogP contribution is 2.22. The number of rotatable bonds is 4. The number of hydrogen-bond acceptors (Lipinski definition) is 6. The Hall–Kier alpha value is -3.00. The third-order valence-electron chi connectivity index (χ3n) is 4.94. The highest BCUT2D eigenvalue weighted by molar-refractivity contribution is 5.79. The lowest BCUT2D eigenvalue weighted by Gasteiger charge is -2.16. The molecule has 0 spiro atoms. The first-order chi connectivity index (χ1) is 13.0. The van der Waals surface area contributed by atoms with Crippen molar-refractivity contribution in [3.05, 3.63) is 58.5 Å². The Kier molecular flexibility index (Phi) is 4.49. The Labute approximate surface area is 155 Å². The maximum absolute atomic E-state index is 12.6. The Morgan fingerprint density at radius 3 is 2.93 bits per heavy atom. The van der Waals surface area contributed by atoms with Crippen LogP contribution in [-0.4, -0.2) is 49.8 Å². The van der Waals surface area contributed by atoms with Crippen LogP contribution in [0.5, 0.6) is 0 Å². The van der Waals surface area contributed by atoms with E-state index in [0.717, 1.165) is 5.69 Å². The Morgan fingerprint density at radius 1 is 1.33 bits per heavy atom. The molecule has 1 aliphatic rings. The van der Waals surface area contributed by atoms with Gasteiger partial charge in [0.1, 0.15) is 12.3 Å². The zero-order chi connectivity index (χ0) is 19.0. The zero-order valence-electron chi connectivity index (χ0n) is 14.9. The van der Waals surface area contributed by atoms with Crippen molar-refractivity contribution in [2.75, 3.05) is 13.1 Å². The van der Waals surface area contributed by atoms with Gasteiger partial charge in [-0.25, -0.2) is 4.98 Å². The van der Waals surface area contributed by atoms with E-state index in [1.165, 1.54) is 10.9 Å². The fourth-order valence-electron chi connectivity index (χ4n) is 3.49. The van der Waals surface area contributed by atoms with E-state index in [2.05, 4.69) is 10.1 Å². The molecular formula is C19H20N4O4. The molecule has 4 rings (SSSR count). The quantitative estimate of drug-likeness (QED) is 0.729. The molecule has 0 radical (unpaired) electrons. The molecule has 140 valence electrons. The molecule has 3 heterocycles. The summed E-state index contributed by atoms with van der Waals surface area (Å²) in [6.07, 6.45) is 1.28. The lowest BCUT2D eigenvalue weighted by atomic mass is 10.0. The van der Waals surface area contributed by atoms with Crippen LogP contribution in [0, 0.1) is 12.8 Å². The number of carbonyl (C=O) groups is 1. The van der Waals surface area contributed by atoms with E-state index in [1.807, 2.05) is 19.1 Å².